The minimum atomic E-state index is -0.311. The number of hydrogen-bond donors (Lipinski definition) is 3. The smallest absolute Gasteiger partial charge is 0.322 e. The molecular weight excluding hydrogens is 254 g/mol. The maximum atomic E-state index is 12.0. The third-order valence-electron chi connectivity index (χ3n) is 3.33. The van der Waals surface area contributed by atoms with E-state index in [4.69, 9.17) is 5.73 Å². The standard InChI is InChI=1S/C14H15N5O/c15-11-4-1-3-10(9-11)14(5-6-14)19-13(20)18-12-16-7-2-8-17-12/h1-4,7-9H,5-6,15H2,(H2,16,17,18,19,20). The van der Waals surface area contributed by atoms with Crippen molar-refractivity contribution in [1.29, 1.82) is 0 Å². The third-order valence-corrected chi connectivity index (χ3v) is 3.33. The zero-order chi connectivity index (χ0) is 14.0. The highest BCUT2D eigenvalue weighted by molar-refractivity contribution is 5.88. The molecule has 1 fully saturated rings. The first-order chi connectivity index (χ1) is 9.68. The molecule has 4 N–H and O–H groups in total. The SMILES string of the molecule is Nc1cccc(C2(NC(=O)Nc3ncccn3)CC2)c1. The molecular formula is C14H15N5O. The lowest BCUT2D eigenvalue weighted by atomic mass is 10.0. The van der Waals surface area contributed by atoms with Crippen molar-refractivity contribution in [3.05, 3.63) is 48.3 Å². The number of rotatable bonds is 3. The Morgan fingerprint density at radius 2 is 1.95 bits per heavy atom. The number of amides is 2. The van der Waals surface area contributed by atoms with Crippen LogP contribution in [0.5, 0.6) is 0 Å². The molecule has 3 rings (SSSR count). The summed E-state index contributed by atoms with van der Waals surface area (Å²) in [7, 11) is 0. The summed E-state index contributed by atoms with van der Waals surface area (Å²) in [6.07, 6.45) is 4.96. The van der Waals surface area contributed by atoms with Crippen LogP contribution in [0.25, 0.3) is 0 Å². The second-order valence-electron chi connectivity index (χ2n) is 4.86. The van der Waals surface area contributed by atoms with Crippen LogP contribution in [0.15, 0.2) is 42.7 Å². The lowest BCUT2D eigenvalue weighted by Gasteiger charge is -2.18. The molecule has 1 saturated carbocycles. The molecule has 1 aliphatic carbocycles. The van der Waals surface area contributed by atoms with Gasteiger partial charge in [0, 0.05) is 18.1 Å². The van der Waals surface area contributed by atoms with E-state index in [1.165, 1.54) is 0 Å². The van der Waals surface area contributed by atoms with Gasteiger partial charge in [-0.2, -0.15) is 0 Å². The lowest BCUT2D eigenvalue weighted by Crippen LogP contribution is -2.38. The first-order valence-corrected chi connectivity index (χ1v) is 6.40. The second-order valence-corrected chi connectivity index (χ2v) is 4.86. The van der Waals surface area contributed by atoms with Crippen molar-refractivity contribution in [1.82, 2.24) is 15.3 Å². The van der Waals surface area contributed by atoms with E-state index in [9.17, 15) is 4.79 Å². The Labute approximate surface area is 116 Å². The molecule has 6 nitrogen and oxygen atoms in total. The van der Waals surface area contributed by atoms with E-state index in [1.54, 1.807) is 18.5 Å². The van der Waals surface area contributed by atoms with Gasteiger partial charge in [0.2, 0.25) is 5.95 Å². The van der Waals surface area contributed by atoms with Crippen LogP contribution in [0.2, 0.25) is 0 Å². The Balaban J connectivity index is 1.70. The van der Waals surface area contributed by atoms with Gasteiger partial charge in [0.1, 0.15) is 0 Å². The first kappa shape index (κ1) is 12.4. The van der Waals surface area contributed by atoms with E-state index in [0.717, 1.165) is 18.4 Å². The Hall–Kier alpha value is -2.63. The molecule has 0 spiro atoms. The Morgan fingerprint density at radius 3 is 2.60 bits per heavy atom. The van der Waals surface area contributed by atoms with E-state index < -0.39 is 0 Å². The number of hydrogen-bond acceptors (Lipinski definition) is 4. The van der Waals surface area contributed by atoms with E-state index in [0.29, 0.717) is 5.69 Å². The second kappa shape index (κ2) is 4.80. The zero-order valence-corrected chi connectivity index (χ0v) is 10.8. The highest BCUT2D eigenvalue weighted by Crippen LogP contribution is 2.45. The van der Waals surface area contributed by atoms with Gasteiger partial charge in [-0.05, 0) is 36.6 Å². The quantitative estimate of drug-likeness (QED) is 0.741. The van der Waals surface area contributed by atoms with Crippen LogP contribution in [-0.4, -0.2) is 16.0 Å². The summed E-state index contributed by atoms with van der Waals surface area (Å²) >= 11 is 0. The molecule has 102 valence electrons. The Morgan fingerprint density at radius 1 is 1.20 bits per heavy atom. The molecule has 0 atom stereocenters. The molecule has 2 amide bonds. The summed E-state index contributed by atoms with van der Waals surface area (Å²) in [5.74, 6) is 0.286. The average Bonchev–Trinajstić information content (AvgIpc) is 3.20. The summed E-state index contributed by atoms with van der Waals surface area (Å²) in [4.78, 5) is 19.9. The van der Waals surface area contributed by atoms with Gasteiger partial charge in [-0.25, -0.2) is 14.8 Å². The summed E-state index contributed by atoms with van der Waals surface area (Å²) < 4.78 is 0. The van der Waals surface area contributed by atoms with Crippen molar-refractivity contribution in [2.45, 2.75) is 18.4 Å². The molecule has 6 heteroatoms. The third kappa shape index (κ3) is 2.54. The monoisotopic (exact) mass is 269 g/mol. The highest BCUT2D eigenvalue weighted by atomic mass is 16.2. The average molecular weight is 269 g/mol. The van der Waals surface area contributed by atoms with Crippen molar-refractivity contribution in [3.8, 4) is 0 Å². The largest absolute Gasteiger partial charge is 0.399 e. The molecule has 0 radical (unpaired) electrons. The van der Waals surface area contributed by atoms with Crippen LogP contribution in [0.4, 0.5) is 16.4 Å². The number of nitrogens with two attached hydrogens (primary N) is 1. The number of benzene rings is 1. The summed E-state index contributed by atoms with van der Waals surface area (Å²) in [5.41, 5.74) is 7.20. The molecule has 1 aliphatic rings. The molecule has 0 aliphatic heterocycles. The fourth-order valence-corrected chi connectivity index (χ4v) is 2.16. The Kier molecular flexibility index (Phi) is 2.98. The summed E-state index contributed by atoms with van der Waals surface area (Å²) in [6.45, 7) is 0. The molecule has 0 saturated heterocycles. The number of urea groups is 1. The van der Waals surface area contributed by atoms with Gasteiger partial charge in [0.15, 0.2) is 0 Å². The fraction of sp³-hybridized carbons (Fsp3) is 0.214. The zero-order valence-electron chi connectivity index (χ0n) is 10.8. The van der Waals surface area contributed by atoms with Crippen molar-refractivity contribution in [2.24, 2.45) is 0 Å². The summed E-state index contributed by atoms with van der Waals surface area (Å²) in [5, 5.41) is 5.59. The van der Waals surface area contributed by atoms with Crippen LogP contribution in [0, 0.1) is 0 Å². The molecule has 1 aromatic carbocycles. The van der Waals surface area contributed by atoms with Crippen LogP contribution in [-0.2, 0) is 5.54 Å². The molecule has 2 aromatic rings. The normalized spacial score (nSPS) is 15.4. The number of carbonyl (C=O) groups excluding carboxylic acids is 1. The van der Waals surface area contributed by atoms with Crippen LogP contribution >= 0.6 is 0 Å². The van der Waals surface area contributed by atoms with Gasteiger partial charge >= 0.3 is 6.03 Å². The fourth-order valence-electron chi connectivity index (χ4n) is 2.16. The van der Waals surface area contributed by atoms with Crippen LogP contribution < -0.4 is 16.4 Å². The minimum Gasteiger partial charge on any atom is -0.399 e. The molecule has 20 heavy (non-hydrogen) atoms. The number of aromatic nitrogens is 2. The van der Waals surface area contributed by atoms with Crippen LogP contribution in [0.3, 0.4) is 0 Å². The predicted octanol–water partition coefficient (Wildman–Crippen LogP) is 1.87. The Bertz CT molecular complexity index is 624. The van der Waals surface area contributed by atoms with Crippen molar-refractivity contribution < 1.29 is 4.79 Å². The number of nitrogen functional groups attached to an aromatic ring is 1. The number of anilines is 2. The van der Waals surface area contributed by atoms with Crippen molar-refractivity contribution >= 4 is 17.7 Å². The van der Waals surface area contributed by atoms with Crippen molar-refractivity contribution in [2.75, 3.05) is 11.1 Å². The minimum absolute atomic E-state index is 0.286. The molecule has 0 unspecified atom stereocenters. The van der Waals surface area contributed by atoms with Gasteiger partial charge in [-0.3, -0.25) is 5.32 Å². The van der Waals surface area contributed by atoms with E-state index in [-0.39, 0.29) is 17.5 Å². The van der Waals surface area contributed by atoms with E-state index in [1.807, 2.05) is 24.3 Å². The van der Waals surface area contributed by atoms with Gasteiger partial charge in [-0.1, -0.05) is 12.1 Å². The van der Waals surface area contributed by atoms with Gasteiger partial charge in [0.25, 0.3) is 0 Å². The topological polar surface area (TPSA) is 92.9 Å². The van der Waals surface area contributed by atoms with Gasteiger partial charge in [0.05, 0.1) is 5.54 Å². The highest BCUT2D eigenvalue weighted by Gasteiger charge is 2.45. The maximum Gasteiger partial charge on any atom is 0.322 e. The number of nitrogens with zero attached hydrogens (tertiary/aromatic N) is 2. The number of nitrogens with one attached hydrogen (secondary N) is 2. The maximum absolute atomic E-state index is 12.0. The lowest BCUT2D eigenvalue weighted by molar-refractivity contribution is 0.247. The number of carbonyl (C=O) groups is 1. The van der Waals surface area contributed by atoms with E-state index >= 15 is 0 Å². The van der Waals surface area contributed by atoms with Crippen molar-refractivity contribution in [3.63, 3.8) is 0 Å². The molecule has 1 heterocycles. The van der Waals surface area contributed by atoms with Gasteiger partial charge < -0.3 is 11.1 Å². The first-order valence-electron chi connectivity index (χ1n) is 6.40. The van der Waals surface area contributed by atoms with Gasteiger partial charge in [-0.15, -0.1) is 0 Å². The molecule has 0 bridgehead atoms. The predicted molar refractivity (Wildman–Crippen MR) is 76.0 cm³/mol. The van der Waals surface area contributed by atoms with E-state index in [2.05, 4.69) is 20.6 Å². The molecule has 1 aromatic heterocycles. The summed E-state index contributed by atoms with van der Waals surface area (Å²) in [6, 6.07) is 8.98. The van der Waals surface area contributed by atoms with Crippen LogP contribution in [0.1, 0.15) is 18.4 Å².